The van der Waals surface area contributed by atoms with Crippen LogP contribution in [0.5, 0.6) is 0 Å². The van der Waals surface area contributed by atoms with Crippen molar-refractivity contribution in [3.63, 3.8) is 0 Å². The summed E-state index contributed by atoms with van der Waals surface area (Å²) in [4.78, 5) is 23.6. The Balaban J connectivity index is 2.08. The second-order valence-electron chi connectivity index (χ2n) is 5.03. The minimum atomic E-state index is -1.12. The molecule has 6 nitrogen and oxygen atoms in total. The molecule has 0 atom stereocenters. The Bertz CT molecular complexity index is 501. The van der Waals surface area contributed by atoms with Crippen LogP contribution in [-0.2, 0) is 16.0 Å². The van der Waals surface area contributed by atoms with E-state index in [0.717, 1.165) is 17.1 Å². The van der Waals surface area contributed by atoms with Crippen LogP contribution < -0.4 is 5.32 Å². The monoisotopic (exact) mass is 298 g/mol. The first kappa shape index (κ1) is 14.9. The van der Waals surface area contributed by atoms with Crippen LogP contribution in [0.3, 0.4) is 0 Å². The zero-order chi connectivity index (χ0) is 14.8. The number of thioether (sulfide) groups is 1. The Labute approximate surface area is 121 Å². The fraction of sp³-hybridized carbons (Fsp3) is 0.615. The second-order valence-corrected chi connectivity index (χ2v) is 6.25. The Kier molecular flexibility index (Phi) is 4.37. The fourth-order valence-electron chi connectivity index (χ4n) is 2.34. The highest BCUT2D eigenvalue weighted by atomic mass is 32.2. The molecule has 20 heavy (non-hydrogen) atoms. The fourth-order valence-corrected chi connectivity index (χ4v) is 3.53. The second kappa shape index (κ2) is 5.87. The lowest BCUT2D eigenvalue weighted by Gasteiger charge is -2.33. The first-order valence-electron chi connectivity index (χ1n) is 6.48. The van der Waals surface area contributed by atoms with Gasteiger partial charge in [-0.05, 0) is 38.2 Å². The maximum Gasteiger partial charge on any atom is 0.329 e. The summed E-state index contributed by atoms with van der Waals surface area (Å²) in [6.45, 7) is 3.51. The Morgan fingerprint density at radius 2 is 2.05 bits per heavy atom. The number of hydrogen-bond acceptors (Lipinski definition) is 5. The third-order valence-corrected chi connectivity index (χ3v) is 4.64. The van der Waals surface area contributed by atoms with E-state index in [2.05, 4.69) is 10.5 Å². The molecule has 1 aromatic heterocycles. The van der Waals surface area contributed by atoms with Crippen molar-refractivity contribution in [1.82, 2.24) is 10.5 Å². The average molecular weight is 298 g/mol. The summed E-state index contributed by atoms with van der Waals surface area (Å²) >= 11 is 1.71. The number of carbonyl (C=O) groups excluding carboxylic acids is 1. The van der Waals surface area contributed by atoms with Crippen LogP contribution >= 0.6 is 11.8 Å². The van der Waals surface area contributed by atoms with E-state index >= 15 is 0 Å². The Morgan fingerprint density at radius 1 is 1.40 bits per heavy atom. The lowest BCUT2D eigenvalue weighted by molar-refractivity contribution is -0.148. The number of aryl methyl sites for hydroxylation is 2. The number of hydrogen-bond donors (Lipinski definition) is 2. The summed E-state index contributed by atoms with van der Waals surface area (Å²) in [5, 5.41) is 15.9. The van der Waals surface area contributed by atoms with Gasteiger partial charge in [-0.3, -0.25) is 4.79 Å². The molecule has 2 heterocycles. The van der Waals surface area contributed by atoms with Crippen molar-refractivity contribution in [3.05, 3.63) is 17.0 Å². The van der Waals surface area contributed by atoms with E-state index in [-0.39, 0.29) is 12.3 Å². The van der Waals surface area contributed by atoms with Crippen LogP contribution in [0, 0.1) is 13.8 Å². The van der Waals surface area contributed by atoms with Crippen molar-refractivity contribution >= 4 is 23.6 Å². The SMILES string of the molecule is Cc1noc(C)c1CC(=O)NC1(C(=O)O)CCSCC1. The van der Waals surface area contributed by atoms with Crippen LogP contribution in [0.2, 0.25) is 0 Å². The summed E-state index contributed by atoms with van der Waals surface area (Å²) in [5.41, 5.74) is 0.274. The van der Waals surface area contributed by atoms with Gasteiger partial charge in [-0.1, -0.05) is 5.16 Å². The van der Waals surface area contributed by atoms with Gasteiger partial charge in [-0.2, -0.15) is 11.8 Å². The molecular formula is C13H18N2O4S. The van der Waals surface area contributed by atoms with E-state index in [1.165, 1.54) is 0 Å². The third-order valence-electron chi connectivity index (χ3n) is 3.65. The normalized spacial score (nSPS) is 17.7. The van der Waals surface area contributed by atoms with Crippen molar-refractivity contribution in [1.29, 1.82) is 0 Å². The number of nitrogens with one attached hydrogen (secondary N) is 1. The molecule has 1 aliphatic rings. The van der Waals surface area contributed by atoms with E-state index in [1.807, 2.05) is 0 Å². The first-order valence-corrected chi connectivity index (χ1v) is 7.64. The lowest BCUT2D eigenvalue weighted by Crippen LogP contribution is -2.56. The molecule has 2 N–H and O–H groups in total. The highest BCUT2D eigenvalue weighted by Crippen LogP contribution is 2.27. The zero-order valence-electron chi connectivity index (χ0n) is 11.6. The molecule has 0 bridgehead atoms. The Morgan fingerprint density at radius 3 is 2.55 bits per heavy atom. The topological polar surface area (TPSA) is 92.4 Å². The van der Waals surface area contributed by atoms with Gasteiger partial charge in [0.05, 0.1) is 12.1 Å². The van der Waals surface area contributed by atoms with Crippen LogP contribution in [0.1, 0.15) is 29.9 Å². The molecule has 0 aromatic carbocycles. The van der Waals surface area contributed by atoms with E-state index in [0.29, 0.717) is 24.3 Å². The maximum atomic E-state index is 12.1. The van der Waals surface area contributed by atoms with Crippen LogP contribution in [0.25, 0.3) is 0 Å². The van der Waals surface area contributed by atoms with Gasteiger partial charge in [-0.25, -0.2) is 4.79 Å². The largest absolute Gasteiger partial charge is 0.480 e. The molecule has 110 valence electrons. The number of aromatic nitrogens is 1. The summed E-state index contributed by atoms with van der Waals surface area (Å²) in [7, 11) is 0. The highest BCUT2D eigenvalue weighted by Gasteiger charge is 2.41. The summed E-state index contributed by atoms with van der Waals surface area (Å²) in [6, 6.07) is 0. The van der Waals surface area contributed by atoms with Gasteiger partial charge in [0.2, 0.25) is 5.91 Å². The number of carboxylic acids is 1. The quantitative estimate of drug-likeness (QED) is 0.870. The van der Waals surface area contributed by atoms with Crippen molar-refractivity contribution in [3.8, 4) is 0 Å². The average Bonchev–Trinajstić information content (AvgIpc) is 2.71. The molecule has 0 radical (unpaired) electrons. The van der Waals surface area contributed by atoms with E-state index in [1.54, 1.807) is 25.6 Å². The van der Waals surface area contributed by atoms with Gasteiger partial charge < -0.3 is 14.9 Å². The zero-order valence-corrected chi connectivity index (χ0v) is 12.4. The third kappa shape index (κ3) is 2.98. The predicted octanol–water partition coefficient (Wildman–Crippen LogP) is 1.30. The number of carbonyl (C=O) groups is 2. The molecule has 2 rings (SSSR count). The summed E-state index contributed by atoms with van der Waals surface area (Å²) in [6.07, 6.45) is 1.02. The number of aliphatic carboxylic acids is 1. The van der Waals surface area contributed by atoms with E-state index < -0.39 is 11.5 Å². The lowest BCUT2D eigenvalue weighted by atomic mass is 9.92. The molecule has 1 aromatic rings. The van der Waals surface area contributed by atoms with Crippen LogP contribution in [-0.4, -0.2) is 39.2 Å². The van der Waals surface area contributed by atoms with Gasteiger partial charge in [0.15, 0.2) is 0 Å². The smallest absolute Gasteiger partial charge is 0.329 e. The van der Waals surface area contributed by atoms with Gasteiger partial charge in [-0.15, -0.1) is 0 Å². The summed E-state index contributed by atoms with van der Waals surface area (Å²) < 4.78 is 5.01. The minimum Gasteiger partial charge on any atom is -0.480 e. The molecule has 1 aliphatic heterocycles. The van der Waals surface area contributed by atoms with E-state index in [9.17, 15) is 14.7 Å². The van der Waals surface area contributed by atoms with Gasteiger partial charge in [0, 0.05) is 5.56 Å². The first-order chi connectivity index (χ1) is 9.44. The van der Waals surface area contributed by atoms with Crippen LogP contribution in [0.15, 0.2) is 4.52 Å². The molecule has 7 heteroatoms. The number of amides is 1. The number of nitrogens with zero attached hydrogens (tertiary/aromatic N) is 1. The van der Waals surface area contributed by atoms with Crippen LogP contribution in [0.4, 0.5) is 0 Å². The van der Waals surface area contributed by atoms with Crippen molar-refractivity contribution in [2.75, 3.05) is 11.5 Å². The standard InChI is InChI=1S/C13H18N2O4S/c1-8-10(9(2)19-15-8)7-11(16)14-13(12(17)18)3-5-20-6-4-13/h3-7H2,1-2H3,(H,14,16)(H,17,18). The molecule has 0 unspecified atom stereocenters. The molecular weight excluding hydrogens is 280 g/mol. The summed E-state index contributed by atoms with van der Waals surface area (Å²) in [5.74, 6) is 0.843. The van der Waals surface area contributed by atoms with Gasteiger partial charge >= 0.3 is 5.97 Å². The van der Waals surface area contributed by atoms with Crippen molar-refractivity contribution in [2.45, 2.75) is 38.6 Å². The molecule has 1 saturated heterocycles. The molecule has 1 fully saturated rings. The molecule has 1 amide bonds. The highest BCUT2D eigenvalue weighted by molar-refractivity contribution is 7.99. The van der Waals surface area contributed by atoms with Crippen molar-refractivity contribution < 1.29 is 19.2 Å². The molecule has 0 saturated carbocycles. The number of carboxylic acid groups (broad SMARTS) is 1. The Hall–Kier alpha value is -1.50. The van der Waals surface area contributed by atoms with Crippen molar-refractivity contribution in [2.24, 2.45) is 0 Å². The minimum absolute atomic E-state index is 0.101. The molecule has 0 aliphatic carbocycles. The number of rotatable bonds is 4. The van der Waals surface area contributed by atoms with Gasteiger partial charge in [0.1, 0.15) is 11.3 Å². The van der Waals surface area contributed by atoms with E-state index in [4.69, 9.17) is 4.52 Å². The molecule has 0 spiro atoms. The van der Waals surface area contributed by atoms with Gasteiger partial charge in [0.25, 0.3) is 0 Å². The predicted molar refractivity (Wildman–Crippen MR) is 74.7 cm³/mol. The maximum absolute atomic E-state index is 12.1.